The number of aromatic hydroxyl groups is 1. The second-order valence-electron chi connectivity index (χ2n) is 8.95. The minimum atomic E-state index is -1.12. The van der Waals surface area contributed by atoms with Crippen LogP contribution in [0.4, 0.5) is 5.69 Å². The Labute approximate surface area is 229 Å². The van der Waals surface area contributed by atoms with Crippen molar-refractivity contribution in [2.75, 3.05) is 19.1 Å². The third-order valence-corrected chi connectivity index (χ3v) is 6.38. The summed E-state index contributed by atoms with van der Waals surface area (Å²) in [5.41, 5.74) is 0.673. The van der Waals surface area contributed by atoms with Crippen LogP contribution in [0.5, 0.6) is 17.2 Å². The predicted molar refractivity (Wildman–Crippen MR) is 144 cm³/mol. The van der Waals surface area contributed by atoms with Crippen molar-refractivity contribution in [3.8, 4) is 17.2 Å². The van der Waals surface area contributed by atoms with E-state index in [9.17, 15) is 24.6 Å². The maximum Gasteiger partial charge on any atom is 0.338 e. The number of aliphatic hydroxyl groups excluding tert-OH is 1. The number of hydrogen-bond donors (Lipinski definition) is 2. The number of hydrogen-bond acceptors (Lipinski definition) is 8. The lowest BCUT2D eigenvalue weighted by atomic mass is 9.94. The van der Waals surface area contributed by atoms with Gasteiger partial charge in [-0.15, -0.1) is 0 Å². The first-order chi connectivity index (χ1) is 18.6. The van der Waals surface area contributed by atoms with Gasteiger partial charge in [-0.3, -0.25) is 14.5 Å². The van der Waals surface area contributed by atoms with Gasteiger partial charge in [-0.25, -0.2) is 4.79 Å². The standard InChI is InChI=1S/C29H26ClNO8/c1-15(2)39-29(36)17-6-5-7-18(12-17)31-25(16-8-10-19(32)11-9-16)24(27(34)28(31)35)26(33)20-13-23(38-4)21(30)14-22(20)37-3/h5-15,25,32-33H,1-4H3/b26-24+. The molecular formula is C29H26ClNO8. The largest absolute Gasteiger partial charge is 0.508 e. The van der Waals surface area contributed by atoms with E-state index in [2.05, 4.69) is 0 Å². The second-order valence-corrected chi connectivity index (χ2v) is 9.36. The Kier molecular flexibility index (Phi) is 7.83. The molecule has 3 aromatic carbocycles. The van der Waals surface area contributed by atoms with E-state index < -0.39 is 29.5 Å². The number of rotatable bonds is 7. The highest BCUT2D eigenvalue weighted by Gasteiger charge is 2.47. The maximum absolute atomic E-state index is 13.5. The molecule has 1 atom stereocenters. The molecule has 9 nitrogen and oxygen atoms in total. The van der Waals surface area contributed by atoms with E-state index in [1.807, 2.05) is 0 Å². The van der Waals surface area contributed by atoms with Crippen LogP contribution in [0.25, 0.3) is 5.76 Å². The number of aliphatic hydroxyl groups is 1. The highest BCUT2D eigenvalue weighted by atomic mass is 35.5. The number of esters is 1. The number of benzene rings is 3. The first kappa shape index (κ1) is 27.5. The number of methoxy groups -OCH3 is 2. The van der Waals surface area contributed by atoms with Crippen molar-refractivity contribution in [1.82, 2.24) is 0 Å². The Hall–Kier alpha value is -4.50. The highest BCUT2D eigenvalue weighted by Crippen LogP contribution is 2.45. The highest BCUT2D eigenvalue weighted by molar-refractivity contribution is 6.51. The molecule has 0 saturated carbocycles. The molecular weight excluding hydrogens is 526 g/mol. The zero-order valence-electron chi connectivity index (χ0n) is 21.6. The van der Waals surface area contributed by atoms with Crippen molar-refractivity contribution < 1.29 is 38.8 Å². The van der Waals surface area contributed by atoms with Gasteiger partial charge < -0.3 is 24.4 Å². The fourth-order valence-electron chi connectivity index (χ4n) is 4.33. The molecule has 1 saturated heterocycles. The normalized spacial score (nSPS) is 16.5. The fraction of sp³-hybridized carbons (Fsp3) is 0.207. The maximum atomic E-state index is 13.5. The van der Waals surface area contributed by atoms with Gasteiger partial charge in [-0.2, -0.15) is 0 Å². The number of carbonyl (C=O) groups is 3. The van der Waals surface area contributed by atoms with Gasteiger partial charge in [0.25, 0.3) is 11.7 Å². The fourth-order valence-corrected chi connectivity index (χ4v) is 4.56. The summed E-state index contributed by atoms with van der Waals surface area (Å²) in [5, 5.41) is 21.6. The third kappa shape index (κ3) is 5.26. The molecule has 1 aliphatic rings. The van der Waals surface area contributed by atoms with Gasteiger partial charge >= 0.3 is 5.97 Å². The smallest absolute Gasteiger partial charge is 0.338 e. The number of halogens is 1. The number of phenols is 1. The molecule has 1 heterocycles. The van der Waals surface area contributed by atoms with Crippen LogP contribution in [0.1, 0.15) is 41.4 Å². The molecule has 10 heteroatoms. The predicted octanol–water partition coefficient (Wildman–Crippen LogP) is 5.25. The van der Waals surface area contributed by atoms with Gasteiger partial charge in [-0.1, -0.05) is 29.8 Å². The van der Waals surface area contributed by atoms with Crippen molar-refractivity contribution in [2.24, 2.45) is 0 Å². The first-order valence-corrected chi connectivity index (χ1v) is 12.3. The Morgan fingerprint density at radius 3 is 2.26 bits per heavy atom. The molecule has 202 valence electrons. The molecule has 0 radical (unpaired) electrons. The number of carbonyl (C=O) groups excluding carboxylic acids is 3. The second kappa shape index (κ2) is 11.1. The Morgan fingerprint density at radius 2 is 1.64 bits per heavy atom. The van der Waals surface area contributed by atoms with Gasteiger partial charge in [0, 0.05) is 11.8 Å². The van der Waals surface area contributed by atoms with Crippen LogP contribution in [0.15, 0.2) is 66.2 Å². The Balaban J connectivity index is 1.95. The van der Waals surface area contributed by atoms with Crippen LogP contribution in [0.3, 0.4) is 0 Å². The molecule has 0 bridgehead atoms. The quantitative estimate of drug-likeness (QED) is 0.177. The molecule has 0 aliphatic carbocycles. The summed E-state index contributed by atoms with van der Waals surface area (Å²) in [4.78, 5) is 40.7. The van der Waals surface area contributed by atoms with Crippen LogP contribution < -0.4 is 14.4 Å². The molecule has 1 aliphatic heterocycles. The Morgan fingerprint density at radius 1 is 0.974 bits per heavy atom. The van der Waals surface area contributed by atoms with E-state index in [0.717, 1.165) is 0 Å². The topological polar surface area (TPSA) is 123 Å². The monoisotopic (exact) mass is 551 g/mol. The molecule has 0 spiro atoms. The van der Waals surface area contributed by atoms with Crippen LogP contribution in [-0.2, 0) is 14.3 Å². The van der Waals surface area contributed by atoms with Crippen LogP contribution >= 0.6 is 11.6 Å². The van der Waals surface area contributed by atoms with E-state index >= 15 is 0 Å². The summed E-state index contributed by atoms with van der Waals surface area (Å²) in [6.45, 7) is 3.43. The average molecular weight is 552 g/mol. The molecule has 1 amide bonds. The molecule has 1 fully saturated rings. The van der Waals surface area contributed by atoms with Crippen molar-refractivity contribution >= 4 is 40.7 Å². The Bertz CT molecular complexity index is 1480. The van der Waals surface area contributed by atoms with Gasteiger partial charge in [-0.05, 0) is 55.8 Å². The molecule has 3 aromatic rings. The van der Waals surface area contributed by atoms with Crippen molar-refractivity contribution in [1.29, 1.82) is 0 Å². The summed E-state index contributed by atoms with van der Waals surface area (Å²) in [6, 6.07) is 13.7. The van der Waals surface area contributed by atoms with Crippen molar-refractivity contribution in [3.63, 3.8) is 0 Å². The molecule has 39 heavy (non-hydrogen) atoms. The summed E-state index contributed by atoms with van der Waals surface area (Å²) < 4.78 is 15.9. The van der Waals surface area contributed by atoms with Crippen LogP contribution in [0, 0.1) is 0 Å². The average Bonchev–Trinajstić information content (AvgIpc) is 3.18. The lowest BCUT2D eigenvalue weighted by molar-refractivity contribution is -0.132. The minimum absolute atomic E-state index is 0.0294. The zero-order valence-corrected chi connectivity index (χ0v) is 22.4. The lowest BCUT2D eigenvalue weighted by Crippen LogP contribution is -2.29. The van der Waals surface area contributed by atoms with Gasteiger partial charge in [0.05, 0.1) is 48.1 Å². The number of ether oxygens (including phenoxy) is 3. The first-order valence-electron chi connectivity index (χ1n) is 11.9. The number of Topliss-reactive ketones (excluding diaryl/α,β-unsaturated/α-hetero) is 1. The van der Waals surface area contributed by atoms with E-state index in [1.165, 1.54) is 67.7 Å². The summed E-state index contributed by atoms with van der Waals surface area (Å²) in [7, 11) is 2.76. The SMILES string of the molecule is COc1cc(/C(O)=C2\C(=O)C(=O)N(c3cccc(C(=O)OC(C)C)c3)C2c2ccc(O)cc2)c(OC)cc1Cl. The molecule has 4 rings (SSSR count). The van der Waals surface area contributed by atoms with Crippen molar-refractivity contribution in [2.45, 2.75) is 26.0 Å². The van der Waals surface area contributed by atoms with Gasteiger partial charge in [0.2, 0.25) is 0 Å². The van der Waals surface area contributed by atoms with E-state index in [1.54, 1.807) is 26.0 Å². The third-order valence-electron chi connectivity index (χ3n) is 6.09. The van der Waals surface area contributed by atoms with Crippen LogP contribution in [-0.4, -0.2) is 48.2 Å². The molecule has 1 unspecified atom stereocenters. The molecule has 2 N–H and O–H groups in total. The number of phenolic OH excluding ortho intramolecular Hbond substituents is 1. The summed E-state index contributed by atoms with van der Waals surface area (Å²) >= 11 is 6.22. The number of anilines is 1. The number of amides is 1. The van der Waals surface area contributed by atoms with Gasteiger partial charge in [0.15, 0.2) is 0 Å². The lowest BCUT2D eigenvalue weighted by Gasteiger charge is -2.26. The van der Waals surface area contributed by atoms with E-state index in [4.69, 9.17) is 25.8 Å². The van der Waals surface area contributed by atoms with Crippen molar-refractivity contribution in [3.05, 3.63) is 87.9 Å². The number of ketones is 1. The number of nitrogens with zero attached hydrogens (tertiary/aromatic N) is 1. The zero-order chi connectivity index (χ0) is 28.4. The summed E-state index contributed by atoms with van der Waals surface area (Å²) in [5.74, 6) is -2.67. The van der Waals surface area contributed by atoms with Crippen LogP contribution in [0.2, 0.25) is 5.02 Å². The van der Waals surface area contributed by atoms with E-state index in [-0.39, 0.29) is 50.8 Å². The molecule has 0 aromatic heterocycles. The van der Waals surface area contributed by atoms with Gasteiger partial charge in [0.1, 0.15) is 23.0 Å². The minimum Gasteiger partial charge on any atom is -0.508 e. The van der Waals surface area contributed by atoms with E-state index in [0.29, 0.717) is 5.56 Å². The summed E-state index contributed by atoms with van der Waals surface area (Å²) in [6.07, 6.45) is -0.362.